The van der Waals surface area contributed by atoms with E-state index in [-0.39, 0.29) is 36.5 Å². The Kier molecular flexibility index (Phi) is 5.12. The molecule has 1 heterocycles. The van der Waals surface area contributed by atoms with Gasteiger partial charge in [-0.15, -0.1) is 0 Å². The Labute approximate surface area is 160 Å². The molecule has 2 N–H and O–H groups in total. The molecule has 0 radical (unpaired) electrons. The molecule has 0 aromatic heterocycles. The second-order valence-electron chi connectivity index (χ2n) is 6.23. The predicted octanol–water partition coefficient (Wildman–Crippen LogP) is 3.55. The van der Waals surface area contributed by atoms with E-state index in [1.165, 1.54) is 18.2 Å². The van der Waals surface area contributed by atoms with Crippen molar-refractivity contribution in [2.45, 2.75) is 30.0 Å². The largest absolute Gasteiger partial charge is 0.486 e. The van der Waals surface area contributed by atoms with Gasteiger partial charge in [0.15, 0.2) is 0 Å². The molecule has 0 spiro atoms. The Morgan fingerprint density at radius 1 is 1.25 bits per heavy atom. The summed E-state index contributed by atoms with van der Waals surface area (Å²) in [5, 5.41) is 8.78. The van der Waals surface area contributed by atoms with Crippen LogP contribution in [-0.4, -0.2) is 21.1 Å². The molecule has 6 nitrogen and oxygen atoms in total. The van der Waals surface area contributed by atoms with Gasteiger partial charge in [-0.3, -0.25) is 4.31 Å². The maximum Gasteiger partial charge on any atom is 0.416 e. The normalized spacial score (nSPS) is 16.8. The second-order valence-corrected chi connectivity index (χ2v) is 8.09. The zero-order valence-electron chi connectivity index (χ0n) is 14.5. The molecule has 0 amide bonds. The van der Waals surface area contributed by atoms with Gasteiger partial charge in [-0.1, -0.05) is 6.07 Å². The van der Waals surface area contributed by atoms with Gasteiger partial charge in [0.1, 0.15) is 11.9 Å². The van der Waals surface area contributed by atoms with Gasteiger partial charge >= 0.3 is 6.18 Å². The minimum Gasteiger partial charge on any atom is -0.486 e. The quantitative estimate of drug-likeness (QED) is 0.776. The molecular weight excluding hydrogens is 395 g/mol. The van der Waals surface area contributed by atoms with Crippen LogP contribution in [0.2, 0.25) is 0 Å². The van der Waals surface area contributed by atoms with Gasteiger partial charge < -0.3 is 10.5 Å². The molecular formula is C18H16F3N3O3S. The van der Waals surface area contributed by atoms with Crippen LogP contribution in [0.4, 0.5) is 24.5 Å². The van der Waals surface area contributed by atoms with Crippen LogP contribution in [0.1, 0.15) is 18.4 Å². The van der Waals surface area contributed by atoms with Crippen molar-refractivity contribution in [1.82, 2.24) is 0 Å². The highest BCUT2D eigenvalue weighted by Crippen LogP contribution is 2.39. The first-order valence-electron chi connectivity index (χ1n) is 8.26. The molecule has 148 valence electrons. The van der Waals surface area contributed by atoms with E-state index in [2.05, 4.69) is 0 Å². The van der Waals surface area contributed by atoms with Gasteiger partial charge in [0.25, 0.3) is 10.0 Å². The molecule has 2 aromatic rings. The zero-order chi connectivity index (χ0) is 20.5. The van der Waals surface area contributed by atoms with Gasteiger partial charge in [0.05, 0.1) is 28.8 Å². The van der Waals surface area contributed by atoms with Gasteiger partial charge in [-0.25, -0.2) is 8.42 Å². The number of nitrogen functional groups attached to an aromatic ring is 1. The fourth-order valence-corrected chi connectivity index (χ4v) is 4.44. The van der Waals surface area contributed by atoms with Crippen LogP contribution < -0.4 is 14.8 Å². The number of ether oxygens (including phenoxy) is 1. The number of benzene rings is 2. The maximum atomic E-state index is 13.2. The van der Waals surface area contributed by atoms with E-state index < -0.39 is 32.8 Å². The summed E-state index contributed by atoms with van der Waals surface area (Å²) in [7, 11) is -4.32. The van der Waals surface area contributed by atoms with Gasteiger partial charge in [0, 0.05) is 12.1 Å². The smallest absolute Gasteiger partial charge is 0.416 e. The van der Waals surface area contributed by atoms with E-state index in [1.54, 1.807) is 0 Å². The lowest BCUT2D eigenvalue weighted by Gasteiger charge is -2.35. The van der Waals surface area contributed by atoms with Crippen molar-refractivity contribution in [3.8, 4) is 11.8 Å². The Hall–Kier alpha value is -2.93. The fourth-order valence-electron chi connectivity index (χ4n) is 2.89. The summed E-state index contributed by atoms with van der Waals surface area (Å²) in [6.07, 6.45) is -4.87. The number of fused-ring (bicyclic) bond motifs is 1. The highest BCUT2D eigenvalue weighted by atomic mass is 32.2. The number of nitrogens with zero attached hydrogens (tertiary/aromatic N) is 2. The van der Waals surface area contributed by atoms with Crippen molar-refractivity contribution in [3.05, 3.63) is 48.0 Å². The van der Waals surface area contributed by atoms with Crippen molar-refractivity contribution in [1.29, 1.82) is 5.26 Å². The molecule has 0 bridgehead atoms. The Bertz CT molecular complexity index is 1030. The van der Waals surface area contributed by atoms with E-state index in [4.69, 9.17) is 15.7 Å². The number of nitrogens with two attached hydrogens (primary N) is 1. The van der Waals surface area contributed by atoms with Crippen LogP contribution in [0.3, 0.4) is 0 Å². The number of anilines is 2. The summed E-state index contributed by atoms with van der Waals surface area (Å²) in [6, 6.07) is 9.94. The molecule has 0 aliphatic carbocycles. The first-order valence-corrected chi connectivity index (χ1v) is 9.70. The number of halogens is 3. The number of hydrogen-bond acceptors (Lipinski definition) is 5. The summed E-state index contributed by atoms with van der Waals surface area (Å²) in [5.74, 6) is 0.235. The third-order valence-corrected chi connectivity index (χ3v) is 6.02. The predicted molar refractivity (Wildman–Crippen MR) is 96.1 cm³/mol. The number of sulfonamides is 1. The molecule has 0 fully saturated rings. The molecule has 0 saturated heterocycles. The zero-order valence-corrected chi connectivity index (χ0v) is 15.3. The topological polar surface area (TPSA) is 96.4 Å². The summed E-state index contributed by atoms with van der Waals surface area (Å²) < 4.78 is 72.1. The van der Waals surface area contributed by atoms with Crippen molar-refractivity contribution in [2.75, 3.05) is 16.6 Å². The van der Waals surface area contributed by atoms with Crippen LogP contribution in [0, 0.1) is 11.3 Å². The lowest BCUT2D eigenvalue weighted by atomic mass is 10.1. The summed E-state index contributed by atoms with van der Waals surface area (Å²) in [4.78, 5) is -0.489. The van der Waals surface area contributed by atoms with E-state index in [0.29, 0.717) is 6.07 Å². The highest BCUT2D eigenvalue weighted by Gasteiger charge is 2.36. The number of alkyl halides is 3. The third-order valence-electron chi connectivity index (χ3n) is 4.24. The Morgan fingerprint density at radius 2 is 2.00 bits per heavy atom. The minimum absolute atomic E-state index is 0.142. The Balaban J connectivity index is 2.07. The average Bonchev–Trinajstić information content (AvgIpc) is 2.65. The highest BCUT2D eigenvalue weighted by molar-refractivity contribution is 7.92. The lowest BCUT2D eigenvalue weighted by Crippen LogP contribution is -2.43. The van der Waals surface area contributed by atoms with Crippen LogP contribution in [0.15, 0.2) is 47.4 Å². The summed E-state index contributed by atoms with van der Waals surface area (Å²) >= 11 is 0. The van der Waals surface area contributed by atoms with Crippen molar-refractivity contribution >= 4 is 21.4 Å². The monoisotopic (exact) mass is 411 g/mol. The summed E-state index contributed by atoms with van der Waals surface area (Å²) in [6.45, 7) is -0.142. The van der Waals surface area contributed by atoms with Crippen LogP contribution >= 0.6 is 0 Å². The van der Waals surface area contributed by atoms with E-state index in [0.717, 1.165) is 22.5 Å². The summed E-state index contributed by atoms with van der Waals surface area (Å²) in [5.41, 5.74) is 5.12. The molecule has 1 aliphatic heterocycles. The number of rotatable bonds is 4. The van der Waals surface area contributed by atoms with Gasteiger partial charge in [-0.2, -0.15) is 18.4 Å². The van der Waals surface area contributed by atoms with Crippen molar-refractivity contribution in [3.63, 3.8) is 0 Å². The molecule has 0 saturated carbocycles. The standard InChI is InChI=1S/C18H16F3N3O3S/c19-18(20,21)12-3-1-5-15(9-12)28(25,26)24-11-14(4-2-8-22)27-17-7-6-13(23)10-16(17)24/h1,3,5-7,9-10,14H,2,4,11,23H2/t14-/m0/s1. The van der Waals surface area contributed by atoms with Crippen molar-refractivity contribution < 1.29 is 26.3 Å². The van der Waals surface area contributed by atoms with E-state index >= 15 is 0 Å². The Morgan fingerprint density at radius 3 is 2.68 bits per heavy atom. The molecule has 2 aromatic carbocycles. The molecule has 3 rings (SSSR count). The number of nitriles is 1. The maximum absolute atomic E-state index is 13.2. The van der Waals surface area contributed by atoms with Gasteiger partial charge in [-0.05, 0) is 42.8 Å². The second kappa shape index (κ2) is 7.24. The SMILES string of the molecule is N#CCC[C@H]1CN(S(=O)(=O)c2cccc(C(F)(F)F)c2)c2cc(N)ccc2O1. The van der Waals surface area contributed by atoms with Crippen LogP contribution in [-0.2, 0) is 16.2 Å². The lowest BCUT2D eigenvalue weighted by molar-refractivity contribution is -0.137. The number of hydrogen-bond donors (Lipinski definition) is 1. The molecule has 28 heavy (non-hydrogen) atoms. The van der Waals surface area contributed by atoms with E-state index in [9.17, 15) is 21.6 Å². The molecule has 1 atom stereocenters. The minimum atomic E-state index is -4.67. The molecule has 10 heteroatoms. The third kappa shape index (κ3) is 3.84. The van der Waals surface area contributed by atoms with Gasteiger partial charge in [0.2, 0.25) is 0 Å². The van der Waals surface area contributed by atoms with E-state index in [1.807, 2.05) is 6.07 Å². The van der Waals surface area contributed by atoms with Crippen LogP contribution in [0.5, 0.6) is 5.75 Å². The first kappa shape index (κ1) is 19.8. The van der Waals surface area contributed by atoms with Crippen molar-refractivity contribution in [2.24, 2.45) is 0 Å². The fraction of sp³-hybridized carbons (Fsp3) is 0.278. The van der Waals surface area contributed by atoms with Crippen LogP contribution in [0.25, 0.3) is 0 Å². The first-order chi connectivity index (χ1) is 13.1. The molecule has 0 unspecified atom stereocenters. The molecule has 1 aliphatic rings. The average molecular weight is 411 g/mol.